The molecule has 0 saturated carbocycles. The molecule has 1 atom stereocenters. The third kappa shape index (κ3) is 6.66. The van der Waals surface area contributed by atoms with E-state index in [0.717, 1.165) is 16.0 Å². The molecule has 2 aromatic carbocycles. The van der Waals surface area contributed by atoms with Gasteiger partial charge < -0.3 is 14.8 Å². The molecule has 0 bridgehead atoms. The Hall–Kier alpha value is -2.67. The first-order valence-electron chi connectivity index (χ1n) is 11.6. The molecule has 1 aliphatic heterocycles. The highest BCUT2D eigenvalue weighted by atomic mass is 35.5. The molecule has 13 heteroatoms. The van der Waals surface area contributed by atoms with Crippen LogP contribution in [-0.4, -0.2) is 72.3 Å². The van der Waals surface area contributed by atoms with Gasteiger partial charge >= 0.3 is 0 Å². The molecule has 38 heavy (non-hydrogen) atoms. The first-order chi connectivity index (χ1) is 17.7. The van der Waals surface area contributed by atoms with Crippen LogP contribution in [0.2, 0.25) is 5.02 Å². The minimum absolute atomic E-state index is 0.0985. The van der Waals surface area contributed by atoms with E-state index in [-0.39, 0.29) is 42.1 Å². The molecule has 3 rings (SSSR count). The van der Waals surface area contributed by atoms with Crippen LogP contribution in [0.1, 0.15) is 19.8 Å². The summed E-state index contributed by atoms with van der Waals surface area (Å²) in [6, 6.07) is 8.87. The highest BCUT2D eigenvalue weighted by Gasteiger charge is 2.45. The van der Waals surface area contributed by atoms with Gasteiger partial charge in [-0.05, 0) is 19.1 Å². The monoisotopic (exact) mass is 588 g/mol. The van der Waals surface area contributed by atoms with Crippen LogP contribution in [0.25, 0.3) is 11.1 Å². The molecule has 1 N–H and O–H groups in total. The van der Waals surface area contributed by atoms with Gasteiger partial charge in [0, 0.05) is 65.9 Å². The zero-order valence-corrected chi connectivity index (χ0v) is 23.8. The number of nitrogens with zero attached hydrogens (tertiary/aromatic N) is 1. The standard InChI is InChI=1S/C25H30ClFN2O7S2/c1-17(9-14-37(4,31)32)28-24(30)25(27)10-12-29(13-11-25)38(33,34)23-16-22(36-3)21(35-2)15-19(23)18-7-5-6-8-20(18)26/h5-9,14-17H,10-13H2,1-4H3,(H,28,30)/b14-9-/t17-/m1/s1. The lowest BCUT2D eigenvalue weighted by Crippen LogP contribution is -2.53. The Bertz CT molecular complexity index is 1440. The summed E-state index contributed by atoms with van der Waals surface area (Å²) in [6.07, 6.45) is 1.48. The van der Waals surface area contributed by atoms with Crippen molar-refractivity contribution < 1.29 is 35.5 Å². The smallest absolute Gasteiger partial charge is 0.258 e. The summed E-state index contributed by atoms with van der Waals surface area (Å²) >= 11 is 6.38. The Kier molecular flexibility index (Phi) is 9.12. The molecule has 0 aromatic heterocycles. The lowest BCUT2D eigenvalue weighted by Gasteiger charge is -2.35. The second-order valence-corrected chi connectivity index (χ2v) is 13.2. The molecule has 0 aliphatic carbocycles. The van der Waals surface area contributed by atoms with Crippen molar-refractivity contribution in [3.8, 4) is 22.6 Å². The fourth-order valence-corrected chi connectivity index (χ4v) is 6.46. The summed E-state index contributed by atoms with van der Waals surface area (Å²) in [5.41, 5.74) is -1.57. The predicted octanol–water partition coefficient (Wildman–Crippen LogP) is 3.58. The van der Waals surface area contributed by atoms with Crippen molar-refractivity contribution in [3.63, 3.8) is 0 Å². The number of hydrogen-bond donors (Lipinski definition) is 1. The SMILES string of the molecule is COc1cc(-c2ccccc2Cl)c(S(=O)(=O)N2CCC(F)(C(=O)N[C@H](C)/C=C\S(C)(=O)=O)CC2)cc1OC. The zero-order valence-electron chi connectivity index (χ0n) is 21.4. The lowest BCUT2D eigenvalue weighted by molar-refractivity contribution is -0.135. The number of hydrogen-bond acceptors (Lipinski definition) is 7. The number of carbonyl (C=O) groups excluding carboxylic acids is 1. The van der Waals surface area contributed by atoms with Crippen LogP contribution in [0.4, 0.5) is 4.39 Å². The maximum atomic E-state index is 15.5. The van der Waals surface area contributed by atoms with E-state index < -0.39 is 37.5 Å². The number of amides is 1. The average molecular weight is 589 g/mol. The van der Waals surface area contributed by atoms with E-state index in [4.69, 9.17) is 21.1 Å². The maximum absolute atomic E-state index is 15.5. The molecule has 0 unspecified atom stereocenters. The highest BCUT2D eigenvalue weighted by Crippen LogP contribution is 2.42. The molecule has 9 nitrogen and oxygen atoms in total. The predicted molar refractivity (Wildman–Crippen MR) is 143 cm³/mol. The van der Waals surface area contributed by atoms with Gasteiger partial charge in [-0.2, -0.15) is 4.31 Å². The molecule has 0 radical (unpaired) electrons. The fourth-order valence-electron chi connectivity index (χ4n) is 4.06. The average Bonchev–Trinajstić information content (AvgIpc) is 2.86. The minimum atomic E-state index is -4.18. The van der Waals surface area contributed by atoms with Gasteiger partial charge in [-0.25, -0.2) is 21.2 Å². The topological polar surface area (TPSA) is 119 Å². The largest absolute Gasteiger partial charge is 0.493 e. The summed E-state index contributed by atoms with van der Waals surface area (Å²) in [6.45, 7) is 1.00. The van der Waals surface area contributed by atoms with Crippen LogP contribution >= 0.6 is 11.6 Å². The number of alkyl halides is 1. The van der Waals surface area contributed by atoms with E-state index in [2.05, 4.69) is 5.32 Å². The van der Waals surface area contributed by atoms with E-state index in [1.54, 1.807) is 24.3 Å². The summed E-state index contributed by atoms with van der Waals surface area (Å²) < 4.78 is 77.5. The van der Waals surface area contributed by atoms with Crippen molar-refractivity contribution >= 4 is 37.4 Å². The van der Waals surface area contributed by atoms with Crippen LogP contribution < -0.4 is 14.8 Å². The van der Waals surface area contributed by atoms with Gasteiger partial charge in [-0.15, -0.1) is 0 Å². The van der Waals surface area contributed by atoms with Crippen molar-refractivity contribution in [1.29, 1.82) is 0 Å². The third-order valence-electron chi connectivity index (χ3n) is 6.16. The van der Waals surface area contributed by atoms with E-state index in [1.807, 2.05) is 0 Å². The number of piperidine rings is 1. The highest BCUT2D eigenvalue weighted by molar-refractivity contribution is 7.93. The first-order valence-corrected chi connectivity index (χ1v) is 15.4. The molecule has 2 aromatic rings. The van der Waals surface area contributed by atoms with Crippen molar-refractivity contribution in [1.82, 2.24) is 9.62 Å². The summed E-state index contributed by atoms with van der Waals surface area (Å²) in [4.78, 5) is 12.5. The van der Waals surface area contributed by atoms with Crippen LogP contribution in [0, 0.1) is 0 Å². The normalized spacial score (nSPS) is 17.2. The summed E-state index contributed by atoms with van der Waals surface area (Å²) in [7, 11) is -4.77. The Morgan fingerprint density at radius 2 is 1.66 bits per heavy atom. The zero-order chi connectivity index (χ0) is 28.3. The number of sulfonamides is 1. The number of benzene rings is 2. The molecular weight excluding hydrogens is 559 g/mol. The van der Waals surface area contributed by atoms with Gasteiger partial charge in [0.1, 0.15) is 0 Å². The number of rotatable bonds is 9. The van der Waals surface area contributed by atoms with E-state index in [0.29, 0.717) is 16.3 Å². The molecule has 1 saturated heterocycles. The van der Waals surface area contributed by atoms with Crippen molar-refractivity contribution in [3.05, 3.63) is 52.9 Å². The molecule has 1 amide bonds. The van der Waals surface area contributed by atoms with Gasteiger partial charge in [0.25, 0.3) is 5.91 Å². The number of halogens is 2. The number of carbonyl (C=O) groups is 1. The van der Waals surface area contributed by atoms with Crippen LogP contribution in [-0.2, 0) is 24.7 Å². The molecule has 1 fully saturated rings. The summed E-state index contributed by atoms with van der Waals surface area (Å²) in [5.74, 6) is -0.434. The van der Waals surface area contributed by atoms with Crippen molar-refractivity contribution in [2.75, 3.05) is 33.6 Å². The van der Waals surface area contributed by atoms with Gasteiger partial charge in [0.05, 0.1) is 19.1 Å². The number of ether oxygens (including phenoxy) is 2. The maximum Gasteiger partial charge on any atom is 0.258 e. The molecule has 208 valence electrons. The van der Waals surface area contributed by atoms with E-state index >= 15 is 4.39 Å². The first kappa shape index (κ1) is 29.9. The number of nitrogens with one attached hydrogen (secondary N) is 1. The van der Waals surface area contributed by atoms with E-state index in [9.17, 15) is 21.6 Å². The third-order valence-corrected chi connectivity index (χ3v) is 9.08. The Balaban J connectivity index is 1.89. The quantitative estimate of drug-likeness (QED) is 0.475. The lowest BCUT2D eigenvalue weighted by atomic mass is 9.93. The second kappa shape index (κ2) is 11.6. The fraction of sp³-hybridized carbons (Fsp3) is 0.400. The molecule has 1 heterocycles. The number of methoxy groups -OCH3 is 2. The summed E-state index contributed by atoms with van der Waals surface area (Å²) in [5, 5.41) is 3.69. The van der Waals surface area contributed by atoms with Gasteiger partial charge in [0.2, 0.25) is 10.0 Å². The van der Waals surface area contributed by atoms with E-state index in [1.165, 1.54) is 39.4 Å². The van der Waals surface area contributed by atoms with Crippen LogP contribution in [0.5, 0.6) is 11.5 Å². The van der Waals surface area contributed by atoms with Crippen molar-refractivity contribution in [2.24, 2.45) is 0 Å². The Labute approximate surface area is 227 Å². The van der Waals surface area contributed by atoms with Crippen LogP contribution in [0.3, 0.4) is 0 Å². The van der Waals surface area contributed by atoms with Crippen LogP contribution in [0.15, 0.2) is 52.8 Å². The second-order valence-electron chi connectivity index (χ2n) is 8.97. The molecule has 1 aliphatic rings. The minimum Gasteiger partial charge on any atom is -0.493 e. The van der Waals surface area contributed by atoms with Gasteiger partial charge in [-0.1, -0.05) is 35.9 Å². The number of sulfone groups is 1. The molecular formula is C25H30ClFN2O7S2. The molecule has 0 spiro atoms. The van der Waals surface area contributed by atoms with Gasteiger partial charge in [0.15, 0.2) is 27.0 Å². The Morgan fingerprint density at radius 1 is 1.08 bits per heavy atom. The van der Waals surface area contributed by atoms with Crippen molar-refractivity contribution in [2.45, 2.75) is 36.4 Å². The Morgan fingerprint density at radius 3 is 2.21 bits per heavy atom. The van der Waals surface area contributed by atoms with Gasteiger partial charge in [-0.3, -0.25) is 4.79 Å².